The first kappa shape index (κ1) is 8.99. The van der Waals surface area contributed by atoms with Gasteiger partial charge in [0, 0.05) is 18.7 Å². The SMILES string of the molecule is CCNc1cc2c(cc1N)OCCO2. The summed E-state index contributed by atoms with van der Waals surface area (Å²) in [5.41, 5.74) is 7.42. The van der Waals surface area contributed by atoms with Crippen LogP contribution in [0.5, 0.6) is 11.5 Å². The summed E-state index contributed by atoms with van der Waals surface area (Å²) in [5.74, 6) is 1.50. The van der Waals surface area contributed by atoms with Crippen molar-refractivity contribution in [1.29, 1.82) is 0 Å². The lowest BCUT2D eigenvalue weighted by atomic mass is 10.2. The van der Waals surface area contributed by atoms with Crippen LogP contribution in [-0.2, 0) is 0 Å². The van der Waals surface area contributed by atoms with Gasteiger partial charge in [-0.3, -0.25) is 0 Å². The molecule has 3 N–H and O–H groups in total. The van der Waals surface area contributed by atoms with Crippen LogP contribution in [0.1, 0.15) is 6.92 Å². The molecule has 1 aromatic carbocycles. The molecule has 1 heterocycles. The second kappa shape index (κ2) is 3.65. The van der Waals surface area contributed by atoms with Gasteiger partial charge >= 0.3 is 0 Å². The average molecular weight is 194 g/mol. The molecule has 0 unspecified atom stereocenters. The highest BCUT2D eigenvalue weighted by Crippen LogP contribution is 2.36. The number of benzene rings is 1. The molecule has 0 spiro atoms. The standard InChI is InChI=1S/C10H14N2O2/c1-2-12-8-6-10-9(5-7(8)11)13-3-4-14-10/h5-6,12H,2-4,11H2,1H3. The summed E-state index contributed by atoms with van der Waals surface area (Å²) in [4.78, 5) is 0. The molecule has 0 atom stereocenters. The maximum absolute atomic E-state index is 5.83. The Kier molecular flexibility index (Phi) is 2.35. The lowest BCUT2D eigenvalue weighted by Gasteiger charge is -2.20. The molecule has 0 aliphatic carbocycles. The summed E-state index contributed by atoms with van der Waals surface area (Å²) >= 11 is 0. The average Bonchev–Trinajstić information content (AvgIpc) is 2.19. The van der Waals surface area contributed by atoms with Gasteiger partial charge in [-0.25, -0.2) is 0 Å². The third kappa shape index (κ3) is 1.55. The van der Waals surface area contributed by atoms with Crippen LogP contribution in [0, 0.1) is 0 Å². The van der Waals surface area contributed by atoms with Crippen LogP contribution in [-0.4, -0.2) is 19.8 Å². The fraction of sp³-hybridized carbons (Fsp3) is 0.400. The summed E-state index contributed by atoms with van der Waals surface area (Å²) in [5, 5.41) is 3.17. The molecular formula is C10H14N2O2. The van der Waals surface area contributed by atoms with Crippen LogP contribution in [0.15, 0.2) is 12.1 Å². The lowest BCUT2D eigenvalue weighted by molar-refractivity contribution is 0.172. The second-order valence-corrected chi connectivity index (χ2v) is 3.11. The molecule has 14 heavy (non-hydrogen) atoms. The van der Waals surface area contributed by atoms with Crippen LogP contribution in [0.2, 0.25) is 0 Å². The smallest absolute Gasteiger partial charge is 0.163 e. The highest BCUT2D eigenvalue weighted by molar-refractivity contribution is 5.72. The van der Waals surface area contributed by atoms with Gasteiger partial charge in [-0.05, 0) is 6.92 Å². The van der Waals surface area contributed by atoms with E-state index in [9.17, 15) is 0 Å². The Bertz CT molecular complexity index is 339. The Morgan fingerprint density at radius 3 is 2.57 bits per heavy atom. The molecule has 0 bridgehead atoms. The zero-order valence-corrected chi connectivity index (χ0v) is 8.17. The first-order valence-corrected chi connectivity index (χ1v) is 4.74. The Hall–Kier alpha value is -1.58. The molecule has 0 amide bonds. The van der Waals surface area contributed by atoms with Crippen molar-refractivity contribution in [2.75, 3.05) is 30.8 Å². The van der Waals surface area contributed by atoms with Crippen molar-refractivity contribution in [2.45, 2.75) is 6.92 Å². The Balaban J connectivity index is 2.35. The molecule has 4 heteroatoms. The lowest BCUT2D eigenvalue weighted by Crippen LogP contribution is -2.16. The van der Waals surface area contributed by atoms with E-state index in [2.05, 4.69) is 5.32 Å². The van der Waals surface area contributed by atoms with Crippen molar-refractivity contribution >= 4 is 11.4 Å². The van der Waals surface area contributed by atoms with Crippen molar-refractivity contribution < 1.29 is 9.47 Å². The van der Waals surface area contributed by atoms with Gasteiger partial charge in [0.1, 0.15) is 13.2 Å². The Morgan fingerprint density at radius 2 is 1.93 bits per heavy atom. The zero-order valence-electron chi connectivity index (χ0n) is 8.17. The number of hydrogen-bond donors (Lipinski definition) is 2. The second-order valence-electron chi connectivity index (χ2n) is 3.11. The van der Waals surface area contributed by atoms with Crippen LogP contribution >= 0.6 is 0 Å². The molecule has 0 radical (unpaired) electrons. The van der Waals surface area contributed by atoms with Gasteiger partial charge in [0.25, 0.3) is 0 Å². The number of anilines is 2. The molecule has 1 aromatic rings. The summed E-state index contributed by atoms with van der Waals surface area (Å²) < 4.78 is 10.8. The minimum atomic E-state index is 0.590. The molecule has 1 aliphatic heterocycles. The van der Waals surface area contributed by atoms with E-state index < -0.39 is 0 Å². The zero-order chi connectivity index (χ0) is 9.97. The third-order valence-electron chi connectivity index (χ3n) is 2.08. The number of rotatable bonds is 2. The van der Waals surface area contributed by atoms with Crippen molar-refractivity contribution in [1.82, 2.24) is 0 Å². The predicted molar refractivity (Wildman–Crippen MR) is 56.0 cm³/mol. The molecule has 0 aromatic heterocycles. The highest BCUT2D eigenvalue weighted by atomic mass is 16.6. The van der Waals surface area contributed by atoms with Gasteiger partial charge in [0.2, 0.25) is 0 Å². The van der Waals surface area contributed by atoms with E-state index in [1.807, 2.05) is 13.0 Å². The van der Waals surface area contributed by atoms with Crippen molar-refractivity contribution in [3.8, 4) is 11.5 Å². The van der Waals surface area contributed by atoms with Gasteiger partial charge in [-0.1, -0.05) is 0 Å². The number of nitrogen functional groups attached to an aromatic ring is 1. The monoisotopic (exact) mass is 194 g/mol. The largest absolute Gasteiger partial charge is 0.486 e. The highest BCUT2D eigenvalue weighted by Gasteiger charge is 2.13. The van der Waals surface area contributed by atoms with Crippen LogP contribution in [0.25, 0.3) is 0 Å². The first-order valence-electron chi connectivity index (χ1n) is 4.74. The number of nitrogens with one attached hydrogen (secondary N) is 1. The Morgan fingerprint density at radius 1 is 1.29 bits per heavy atom. The number of hydrogen-bond acceptors (Lipinski definition) is 4. The van der Waals surface area contributed by atoms with Gasteiger partial charge < -0.3 is 20.5 Å². The normalized spacial score (nSPS) is 13.8. The van der Waals surface area contributed by atoms with Gasteiger partial charge in [0.05, 0.1) is 11.4 Å². The molecular weight excluding hydrogens is 180 g/mol. The molecule has 0 saturated carbocycles. The van der Waals surface area contributed by atoms with E-state index in [-0.39, 0.29) is 0 Å². The van der Waals surface area contributed by atoms with Gasteiger partial charge in [0.15, 0.2) is 11.5 Å². The Labute approximate surface area is 83.0 Å². The fourth-order valence-electron chi connectivity index (χ4n) is 1.45. The van der Waals surface area contributed by atoms with E-state index in [0.717, 1.165) is 23.7 Å². The predicted octanol–water partition coefficient (Wildman–Crippen LogP) is 1.47. The fourth-order valence-corrected chi connectivity index (χ4v) is 1.45. The van der Waals surface area contributed by atoms with Crippen molar-refractivity contribution in [3.05, 3.63) is 12.1 Å². The molecule has 2 rings (SSSR count). The maximum atomic E-state index is 5.83. The van der Waals surface area contributed by atoms with Gasteiger partial charge in [-0.15, -0.1) is 0 Å². The van der Waals surface area contributed by atoms with Crippen LogP contribution in [0.4, 0.5) is 11.4 Å². The minimum absolute atomic E-state index is 0.590. The number of nitrogens with two attached hydrogens (primary N) is 1. The van der Waals surface area contributed by atoms with Crippen LogP contribution < -0.4 is 20.5 Å². The minimum Gasteiger partial charge on any atom is -0.486 e. The van der Waals surface area contributed by atoms with E-state index in [1.165, 1.54) is 0 Å². The summed E-state index contributed by atoms with van der Waals surface area (Å²) in [6.45, 7) is 4.05. The summed E-state index contributed by atoms with van der Waals surface area (Å²) in [6.07, 6.45) is 0. The van der Waals surface area contributed by atoms with E-state index in [4.69, 9.17) is 15.2 Å². The first-order chi connectivity index (χ1) is 6.81. The number of fused-ring (bicyclic) bond motifs is 1. The van der Waals surface area contributed by atoms with Gasteiger partial charge in [-0.2, -0.15) is 0 Å². The van der Waals surface area contributed by atoms with Crippen LogP contribution in [0.3, 0.4) is 0 Å². The molecule has 0 saturated heterocycles. The van der Waals surface area contributed by atoms with E-state index in [0.29, 0.717) is 18.9 Å². The van der Waals surface area contributed by atoms with Crippen molar-refractivity contribution in [2.24, 2.45) is 0 Å². The van der Waals surface area contributed by atoms with E-state index >= 15 is 0 Å². The topological polar surface area (TPSA) is 56.5 Å². The summed E-state index contributed by atoms with van der Waals surface area (Å²) in [7, 11) is 0. The third-order valence-corrected chi connectivity index (χ3v) is 2.08. The van der Waals surface area contributed by atoms with E-state index in [1.54, 1.807) is 6.07 Å². The van der Waals surface area contributed by atoms with Crippen molar-refractivity contribution in [3.63, 3.8) is 0 Å². The quantitative estimate of drug-likeness (QED) is 0.700. The molecule has 76 valence electrons. The summed E-state index contributed by atoms with van der Waals surface area (Å²) in [6, 6.07) is 3.68. The number of ether oxygens (including phenoxy) is 2. The molecule has 4 nitrogen and oxygen atoms in total. The maximum Gasteiger partial charge on any atom is 0.163 e. The molecule has 1 aliphatic rings. The molecule has 0 fully saturated rings.